The second-order valence-corrected chi connectivity index (χ2v) is 7.09. The first-order chi connectivity index (χ1) is 7.55. The van der Waals surface area contributed by atoms with Crippen LogP contribution in [0, 0.1) is 23.2 Å². The Hall–Kier alpha value is -0.0800. The van der Waals surface area contributed by atoms with E-state index in [4.69, 9.17) is 4.74 Å². The maximum absolute atomic E-state index is 5.63. The van der Waals surface area contributed by atoms with Crippen LogP contribution in [0.15, 0.2) is 0 Å². The van der Waals surface area contributed by atoms with E-state index in [0.29, 0.717) is 5.41 Å². The van der Waals surface area contributed by atoms with Gasteiger partial charge < -0.3 is 4.74 Å². The molecule has 0 spiro atoms. The van der Waals surface area contributed by atoms with Crippen molar-refractivity contribution in [2.45, 2.75) is 39.7 Å². The molecule has 0 aromatic heterocycles. The zero-order valence-corrected chi connectivity index (χ0v) is 10.9. The van der Waals surface area contributed by atoms with Gasteiger partial charge in [-0.3, -0.25) is 4.90 Å². The number of nitrogens with zero attached hydrogens (tertiary/aromatic N) is 1. The minimum atomic E-state index is 0.513. The lowest BCUT2D eigenvalue weighted by molar-refractivity contribution is -0.122. The molecule has 1 aliphatic carbocycles. The van der Waals surface area contributed by atoms with Crippen molar-refractivity contribution in [1.82, 2.24) is 4.90 Å². The molecule has 2 heterocycles. The summed E-state index contributed by atoms with van der Waals surface area (Å²) in [5.74, 6) is 2.95. The van der Waals surface area contributed by atoms with Gasteiger partial charge in [0.25, 0.3) is 0 Å². The van der Waals surface area contributed by atoms with Crippen LogP contribution in [0.5, 0.6) is 0 Å². The van der Waals surface area contributed by atoms with Crippen molar-refractivity contribution in [2.24, 2.45) is 23.2 Å². The van der Waals surface area contributed by atoms with Crippen molar-refractivity contribution in [3.8, 4) is 0 Å². The van der Waals surface area contributed by atoms with Gasteiger partial charge in [-0.25, -0.2) is 0 Å². The van der Waals surface area contributed by atoms with Crippen molar-refractivity contribution in [3.63, 3.8) is 0 Å². The molecule has 0 radical (unpaired) electrons. The number of hydrogen-bond acceptors (Lipinski definition) is 2. The largest absolute Gasteiger partial charge is 0.378 e. The van der Waals surface area contributed by atoms with Crippen LogP contribution in [0.2, 0.25) is 0 Å². The van der Waals surface area contributed by atoms with Crippen molar-refractivity contribution in [3.05, 3.63) is 0 Å². The SMILES string of the molecule is CC(C)(C)C1CC2CN3CCOCC3CC21. The third-order valence-electron chi connectivity index (χ3n) is 5.15. The van der Waals surface area contributed by atoms with E-state index < -0.39 is 0 Å². The normalized spacial score (nSPS) is 44.4. The van der Waals surface area contributed by atoms with Crippen LogP contribution < -0.4 is 0 Å². The van der Waals surface area contributed by atoms with E-state index in [0.717, 1.165) is 37.0 Å². The third kappa shape index (κ3) is 1.70. The highest BCUT2D eigenvalue weighted by Crippen LogP contribution is 2.54. The van der Waals surface area contributed by atoms with Gasteiger partial charge in [0.2, 0.25) is 0 Å². The summed E-state index contributed by atoms with van der Waals surface area (Å²) in [6.45, 7) is 11.7. The van der Waals surface area contributed by atoms with Crippen molar-refractivity contribution < 1.29 is 4.74 Å². The Labute approximate surface area is 99.3 Å². The van der Waals surface area contributed by atoms with E-state index in [-0.39, 0.29) is 0 Å². The first-order valence-electron chi connectivity index (χ1n) is 6.87. The molecule has 1 saturated carbocycles. The van der Waals surface area contributed by atoms with Crippen molar-refractivity contribution in [2.75, 3.05) is 26.3 Å². The van der Waals surface area contributed by atoms with Crippen molar-refractivity contribution in [1.29, 1.82) is 0 Å². The minimum Gasteiger partial charge on any atom is -0.378 e. The highest BCUT2D eigenvalue weighted by molar-refractivity contribution is 5.01. The van der Waals surface area contributed by atoms with Gasteiger partial charge in [0, 0.05) is 19.1 Å². The van der Waals surface area contributed by atoms with Crippen LogP contribution in [0.4, 0.5) is 0 Å². The topological polar surface area (TPSA) is 12.5 Å². The van der Waals surface area contributed by atoms with Gasteiger partial charge in [0.1, 0.15) is 0 Å². The molecule has 4 unspecified atom stereocenters. The Morgan fingerprint density at radius 3 is 2.75 bits per heavy atom. The van der Waals surface area contributed by atoms with E-state index >= 15 is 0 Å². The number of hydrogen-bond donors (Lipinski definition) is 0. The molecular formula is C14H25NO. The molecule has 0 aromatic carbocycles. The van der Waals surface area contributed by atoms with Gasteiger partial charge in [-0.05, 0) is 36.0 Å². The molecule has 2 aliphatic heterocycles. The average Bonchev–Trinajstić information content (AvgIpc) is 2.19. The first-order valence-corrected chi connectivity index (χ1v) is 6.87. The summed E-state index contributed by atoms with van der Waals surface area (Å²) in [5, 5.41) is 0. The van der Waals surface area contributed by atoms with Gasteiger partial charge in [-0.15, -0.1) is 0 Å². The number of rotatable bonds is 0. The molecule has 16 heavy (non-hydrogen) atoms. The van der Waals surface area contributed by atoms with E-state index in [1.807, 2.05) is 0 Å². The Morgan fingerprint density at radius 2 is 2.00 bits per heavy atom. The summed E-state index contributed by atoms with van der Waals surface area (Å²) in [4.78, 5) is 2.68. The Balaban J connectivity index is 1.67. The summed E-state index contributed by atoms with van der Waals surface area (Å²) < 4.78 is 5.63. The molecule has 0 N–H and O–H groups in total. The molecule has 2 heteroatoms. The van der Waals surface area contributed by atoms with E-state index in [2.05, 4.69) is 25.7 Å². The fourth-order valence-electron chi connectivity index (χ4n) is 4.13. The van der Waals surface area contributed by atoms with E-state index in [1.165, 1.54) is 25.9 Å². The lowest BCUT2D eigenvalue weighted by Gasteiger charge is -2.58. The predicted molar refractivity (Wildman–Crippen MR) is 65.3 cm³/mol. The monoisotopic (exact) mass is 223 g/mol. The van der Waals surface area contributed by atoms with E-state index in [1.54, 1.807) is 0 Å². The summed E-state index contributed by atoms with van der Waals surface area (Å²) in [6, 6.07) is 0.736. The minimum absolute atomic E-state index is 0.513. The van der Waals surface area contributed by atoms with Gasteiger partial charge in [0.15, 0.2) is 0 Å². The fraction of sp³-hybridized carbons (Fsp3) is 1.00. The van der Waals surface area contributed by atoms with Gasteiger partial charge >= 0.3 is 0 Å². The Morgan fingerprint density at radius 1 is 1.19 bits per heavy atom. The highest BCUT2D eigenvalue weighted by Gasteiger charge is 2.51. The molecule has 4 atom stereocenters. The zero-order chi connectivity index (χ0) is 11.3. The maximum atomic E-state index is 5.63. The molecule has 2 saturated heterocycles. The van der Waals surface area contributed by atoms with Crippen LogP contribution in [-0.2, 0) is 4.74 Å². The van der Waals surface area contributed by atoms with Gasteiger partial charge in [-0.2, -0.15) is 0 Å². The quantitative estimate of drug-likeness (QED) is 0.625. The van der Waals surface area contributed by atoms with Crippen LogP contribution in [0.3, 0.4) is 0 Å². The Bertz CT molecular complexity index is 270. The molecule has 3 fully saturated rings. The van der Waals surface area contributed by atoms with Gasteiger partial charge in [0.05, 0.1) is 13.2 Å². The van der Waals surface area contributed by atoms with E-state index in [9.17, 15) is 0 Å². The Kier molecular flexibility index (Phi) is 2.56. The molecule has 3 rings (SSSR count). The second kappa shape index (κ2) is 3.71. The van der Waals surface area contributed by atoms with Crippen LogP contribution in [-0.4, -0.2) is 37.2 Å². The lowest BCUT2D eigenvalue weighted by atomic mass is 9.53. The molecule has 2 nitrogen and oxygen atoms in total. The standard InChI is InChI=1S/C14H25NO/c1-14(2,3)13-6-10-8-15-4-5-16-9-11(15)7-12(10)13/h10-13H,4-9H2,1-3H3. The number of ether oxygens (including phenoxy) is 1. The predicted octanol–water partition coefficient (Wildman–Crippen LogP) is 2.39. The molecular weight excluding hydrogens is 198 g/mol. The summed E-state index contributed by atoms with van der Waals surface area (Å²) in [6.07, 6.45) is 2.87. The molecule has 0 amide bonds. The average molecular weight is 223 g/mol. The molecule has 0 bridgehead atoms. The van der Waals surface area contributed by atoms with Crippen LogP contribution in [0.25, 0.3) is 0 Å². The number of fused-ring (bicyclic) bond motifs is 2. The maximum Gasteiger partial charge on any atom is 0.0622 e. The van der Waals surface area contributed by atoms with Crippen molar-refractivity contribution >= 4 is 0 Å². The smallest absolute Gasteiger partial charge is 0.0622 e. The van der Waals surface area contributed by atoms with Gasteiger partial charge in [-0.1, -0.05) is 20.8 Å². The van der Waals surface area contributed by atoms with Crippen LogP contribution in [0.1, 0.15) is 33.6 Å². The third-order valence-corrected chi connectivity index (χ3v) is 5.15. The molecule has 3 aliphatic rings. The first kappa shape index (κ1) is 11.0. The summed E-state index contributed by atoms with van der Waals surface area (Å²) in [5.41, 5.74) is 0.513. The number of morpholine rings is 1. The highest BCUT2D eigenvalue weighted by atomic mass is 16.5. The number of piperidine rings is 1. The second-order valence-electron chi connectivity index (χ2n) is 7.09. The lowest BCUT2D eigenvalue weighted by Crippen LogP contribution is -2.60. The molecule has 0 aromatic rings. The van der Waals surface area contributed by atoms with Crippen LogP contribution >= 0.6 is 0 Å². The zero-order valence-electron chi connectivity index (χ0n) is 10.9. The summed E-state index contributed by atoms with van der Waals surface area (Å²) in [7, 11) is 0. The fourth-order valence-corrected chi connectivity index (χ4v) is 4.13. The summed E-state index contributed by atoms with van der Waals surface area (Å²) >= 11 is 0. The molecule has 92 valence electrons.